The molecule has 2 heterocycles. The molecular weight excluding hydrogens is 280 g/mol. The second kappa shape index (κ2) is 5.07. The molecule has 1 atom stereocenters. The first-order chi connectivity index (χ1) is 10.5. The first-order valence-electron chi connectivity index (χ1n) is 6.71. The van der Waals surface area contributed by atoms with Gasteiger partial charge in [-0.2, -0.15) is 0 Å². The zero-order chi connectivity index (χ0) is 15.7. The zero-order valence-electron chi connectivity index (χ0n) is 11.7. The topological polar surface area (TPSA) is 112 Å². The minimum atomic E-state index is -0.978. The summed E-state index contributed by atoms with van der Waals surface area (Å²) in [4.78, 5) is 31.6. The Hall–Kier alpha value is -3.02. The lowest BCUT2D eigenvalue weighted by Crippen LogP contribution is -2.43. The molecule has 1 aliphatic carbocycles. The quantitative estimate of drug-likeness (QED) is 0.861. The van der Waals surface area contributed by atoms with Crippen molar-refractivity contribution in [2.24, 2.45) is 11.5 Å². The smallest absolute Gasteiger partial charge is 0.250 e. The molecule has 6 heteroatoms. The van der Waals surface area contributed by atoms with Gasteiger partial charge in [0.1, 0.15) is 0 Å². The van der Waals surface area contributed by atoms with E-state index >= 15 is 0 Å². The Labute approximate surface area is 126 Å². The van der Waals surface area contributed by atoms with Crippen LogP contribution in [0, 0.1) is 0 Å². The summed E-state index contributed by atoms with van der Waals surface area (Å²) in [6, 6.07) is 5.17. The number of aromatic nitrogens is 2. The number of carbonyl (C=O) groups excluding carboxylic acids is 2. The van der Waals surface area contributed by atoms with Crippen LogP contribution in [0.5, 0.6) is 0 Å². The van der Waals surface area contributed by atoms with Crippen molar-refractivity contribution >= 4 is 17.9 Å². The fraction of sp³-hybridized carbons (Fsp3) is 0.125. The average Bonchev–Trinajstić information content (AvgIpc) is 2.54. The number of nitrogens with two attached hydrogens (primary N) is 2. The molecule has 0 aromatic carbocycles. The number of hydrogen-bond donors (Lipinski definition) is 2. The molecule has 0 saturated heterocycles. The molecule has 22 heavy (non-hydrogen) atoms. The van der Waals surface area contributed by atoms with Crippen molar-refractivity contribution in [3.63, 3.8) is 0 Å². The van der Waals surface area contributed by atoms with Gasteiger partial charge < -0.3 is 11.5 Å². The Kier molecular flexibility index (Phi) is 3.21. The lowest BCUT2D eigenvalue weighted by atomic mass is 9.72. The van der Waals surface area contributed by atoms with Gasteiger partial charge in [-0.25, -0.2) is 0 Å². The highest BCUT2D eigenvalue weighted by Crippen LogP contribution is 2.35. The van der Waals surface area contributed by atoms with Gasteiger partial charge in [-0.05, 0) is 41.8 Å². The van der Waals surface area contributed by atoms with E-state index in [9.17, 15) is 9.59 Å². The third kappa shape index (κ3) is 2.14. The van der Waals surface area contributed by atoms with Crippen molar-refractivity contribution in [2.75, 3.05) is 0 Å². The van der Waals surface area contributed by atoms with Gasteiger partial charge in [0, 0.05) is 18.6 Å². The third-order valence-electron chi connectivity index (χ3n) is 3.92. The van der Waals surface area contributed by atoms with E-state index in [-0.39, 0.29) is 0 Å². The molecule has 110 valence electrons. The standard InChI is InChI=1S/C16H14N4O2/c17-14(21)11-7-10-8-16(15(18)22,4-1-13(10)20-9-11)12-2-5-19-6-3-12/h1-7,9H,8H2,(H2,17,21)(H2,18,22). The molecule has 6 nitrogen and oxygen atoms in total. The molecule has 0 bridgehead atoms. The highest BCUT2D eigenvalue weighted by atomic mass is 16.1. The van der Waals surface area contributed by atoms with Crippen LogP contribution in [0.25, 0.3) is 6.08 Å². The Morgan fingerprint density at radius 3 is 2.55 bits per heavy atom. The van der Waals surface area contributed by atoms with Gasteiger partial charge in [0.2, 0.25) is 11.8 Å². The molecule has 0 aliphatic heterocycles. The van der Waals surface area contributed by atoms with Crippen LogP contribution in [-0.2, 0) is 16.6 Å². The molecule has 2 aromatic heterocycles. The van der Waals surface area contributed by atoms with Gasteiger partial charge in [0.05, 0.1) is 16.7 Å². The summed E-state index contributed by atoms with van der Waals surface area (Å²) in [5, 5.41) is 0. The second-order valence-electron chi connectivity index (χ2n) is 5.21. The number of hydrogen-bond acceptors (Lipinski definition) is 4. The lowest BCUT2D eigenvalue weighted by molar-refractivity contribution is -0.121. The van der Waals surface area contributed by atoms with Crippen LogP contribution in [0.2, 0.25) is 0 Å². The summed E-state index contributed by atoms with van der Waals surface area (Å²) in [5.74, 6) is -1.02. The van der Waals surface area contributed by atoms with Crippen molar-refractivity contribution in [1.29, 1.82) is 0 Å². The number of carbonyl (C=O) groups is 2. The van der Waals surface area contributed by atoms with Gasteiger partial charge in [0.15, 0.2) is 0 Å². The van der Waals surface area contributed by atoms with Crippen molar-refractivity contribution in [3.8, 4) is 0 Å². The summed E-state index contributed by atoms with van der Waals surface area (Å²) in [5.41, 5.74) is 12.5. The Morgan fingerprint density at radius 1 is 1.18 bits per heavy atom. The normalized spacial score (nSPS) is 19.5. The molecular formula is C16H14N4O2. The molecule has 0 fully saturated rings. The molecule has 0 radical (unpaired) electrons. The van der Waals surface area contributed by atoms with E-state index in [4.69, 9.17) is 11.5 Å². The minimum absolute atomic E-state index is 0.308. The molecule has 4 N–H and O–H groups in total. The summed E-state index contributed by atoms with van der Waals surface area (Å²) < 4.78 is 0. The highest BCUT2D eigenvalue weighted by molar-refractivity contribution is 5.94. The van der Waals surface area contributed by atoms with Gasteiger partial charge in [-0.15, -0.1) is 0 Å². The average molecular weight is 294 g/mol. The van der Waals surface area contributed by atoms with Gasteiger partial charge >= 0.3 is 0 Å². The van der Waals surface area contributed by atoms with Crippen LogP contribution in [0.3, 0.4) is 0 Å². The van der Waals surface area contributed by atoms with E-state index in [1.807, 2.05) is 0 Å². The summed E-state index contributed by atoms with van der Waals surface area (Å²) in [6.07, 6.45) is 8.48. The molecule has 0 spiro atoms. The van der Waals surface area contributed by atoms with Crippen LogP contribution in [0.4, 0.5) is 0 Å². The first-order valence-corrected chi connectivity index (χ1v) is 6.71. The van der Waals surface area contributed by atoms with Crippen molar-refractivity contribution in [2.45, 2.75) is 11.8 Å². The zero-order valence-corrected chi connectivity index (χ0v) is 11.7. The maximum absolute atomic E-state index is 12.1. The molecule has 3 rings (SSSR count). The number of nitrogens with zero attached hydrogens (tertiary/aromatic N) is 2. The predicted molar refractivity (Wildman–Crippen MR) is 80.6 cm³/mol. The third-order valence-corrected chi connectivity index (χ3v) is 3.92. The first kappa shape index (κ1) is 13.9. The molecule has 1 aliphatic rings. The monoisotopic (exact) mass is 294 g/mol. The van der Waals surface area contributed by atoms with Crippen molar-refractivity contribution in [1.82, 2.24) is 9.97 Å². The van der Waals surface area contributed by atoms with Crippen LogP contribution < -0.4 is 11.5 Å². The van der Waals surface area contributed by atoms with E-state index in [0.29, 0.717) is 17.7 Å². The van der Waals surface area contributed by atoms with Crippen LogP contribution in [0.1, 0.15) is 27.2 Å². The van der Waals surface area contributed by atoms with E-state index in [0.717, 1.165) is 11.1 Å². The Morgan fingerprint density at radius 2 is 1.91 bits per heavy atom. The minimum Gasteiger partial charge on any atom is -0.369 e. The van der Waals surface area contributed by atoms with Gasteiger partial charge in [-0.3, -0.25) is 19.6 Å². The molecule has 2 amide bonds. The number of primary amides is 2. The summed E-state index contributed by atoms with van der Waals surface area (Å²) in [7, 11) is 0. The van der Waals surface area contributed by atoms with Crippen LogP contribution in [-0.4, -0.2) is 21.8 Å². The summed E-state index contributed by atoms with van der Waals surface area (Å²) >= 11 is 0. The lowest BCUT2D eigenvalue weighted by Gasteiger charge is -2.31. The van der Waals surface area contributed by atoms with Crippen molar-refractivity contribution < 1.29 is 9.59 Å². The second-order valence-corrected chi connectivity index (χ2v) is 5.21. The Balaban J connectivity index is 2.12. The largest absolute Gasteiger partial charge is 0.369 e. The van der Waals surface area contributed by atoms with E-state index in [2.05, 4.69) is 9.97 Å². The van der Waals surface area contributed by atoms with Crippen LogP contribution >= 0.6 is 0 Å². The number of amides is 2. The number of rotatable bonds is 3. The summed E-state index contributed by atoms with van der Waals surface area (Å²) in [6.45, 7) is 0. The Bertz CT molecular complexity index is 786. The van der Waals surface area contributed by atoms with Gasteiger partial charge in [-0.1, -0.05) is 6.08 Å². The number of pyridine rings is 2. The maximum atomic E-state index is 12.1. The van der Waals surface area contributed by atoms with E-state index < -0.39 is 17.2 Å². The van der Waals surface area contributed by atoms with Crippen molar-refractivity contribution in [3.05, 3.63) is 65.2 Å². The molecule has 0 saturated carbocycles. The SMILES string of the molecule is NC(=O)c1cnc2c(c1)CC(C(N)=O)(c1ccncc1)C=C2. The highest BCUT2D eigenvalue weighted by Gasteiger charge is 2.39. The fourth-order valence-electron chi connectivity index (χ4n) is 2.69. The van der Waals surface area contributed by atoms with Crippen LogP contribution in [0.15, 0.2) is 42.9 Å². The van der Waals surface area contributed by atoms with E-state index in [1.165, 1.54) is 6.20 Å². The fourth-order valence-corrected chi connectivity index (χ4v) is 2.69. The molecule has 1 unspecified atom stereocenters. The van der Waals surface area contributed by atoms with E-state index in [1.54, 1.807) is 42.7 Å². The molecule has 2 aromatic rings. The van der Waals surface area contributed by atoms with Gasteiger partial charge in [0.25, 0.3) is 0 Å². The predicted octanol–water partition coefficient (Wildman–Crippen LogP) is 0.568. The maximum Gasteiger partial charge on any atom is 0.250 e. The number of fused-ring (bicyclic) bond motifs is 1.